The molecule has 1 fully saturated rings. The van der Waals surface area contributed by atoms with Crippen LogP contribution in [0.15, 0.2) is 48.5 Å². The van der Waals surface area contributed by atoms with E-state index in [1.54, 1.807) is 24.3 Å². The maximum Gasteiger partial charge on any atom is 0.254 e. The molecule has 0 aliphatic carbocycles. The zero-order chi connectivity index (χ0) is 19.3. The number of hydrogen-bond acceptors (Lipinski definition) is 3. The number of anilines is 1. The van der Waals surface area contributed by atoms with Gasteiger partial charge in [0.25, 0.3) is 5.91 Å². The molecule has 2 aromatic carbocycles. The van der Waals surface area contributed by atoms with E-state index in [9.17, 15) is 13.2 Å². The van der Waals surface area contributed by atoms with Crippen molar-refractivity contribution < 1.29 is 13.2 Å². The van der Waals surface area contributed by atoms with Gasteiger partial charge in [-0.25, -0.2) is 8.42 Å². The molecule has 1 saturated heterocycles. The molecule has 2 aliphatic heterocycles. The van der Waals surface area contributed by atoms with Crippen molar-refractivity contribution in [2.75, 3.05) is 23.1 Å². The molecule has 0 spiro atoms. The molecular formula is C21H21N3O3S. The summed E-state index contributed by atoms with van der Waals surface area (Å²) in [7, 11) is -3.21. The summed E-state index contributed by atoms with van der Waals surface area (Å²) in [6, 6.07) is 15.1. The van der Waals surface area contributed by atoms with Crippen LogP contribution in [-0.4, -0.2) is 43.1 Å². The summed E-state index contributed by atoms with van der Waals surface area (Å²) in [4.78, 5) is 18.3. The van der Waals surface area contributed by atoms with Gasteiger partial charge in [-0.3, -0.25) is 9.10 Å². The lowest BCUT2D eigenvalue weighted by molar-refractivity contribution is 0.0735. The first-order chi connectivity index (χ1) is 13.5. The van der Waals surface area contributed by atoms with Crippen LogP contribution < -0.4 is 4.31 Å². The number of fused-ring (bicyclic) bond motifs is 3. The molecule has 0 saturated carbocycles. The monoisotopic (exact) mass is 395 g/mol. The molecule has 1 aromatic heterocycles. The molecule has 0 radical (unpaired) electrons. The normalized spacial score (nSPS) is 18.4. The van der Waals surface area contributed by atoms with Gasteiger partial charge in [0, 0.05) is 53.8 Å². The van der Waals surface area contributed by atoms with Gasteiger partial charge in [-0.2, -0.15) is 0 Å². The predicted molar refractivity (Wildman–Crippen MR) is 109 cm³/mol. The van der Waals surface area contributed by atoms with Crippen molar-refractivity contribution in [2.45, 2.75) is 19.4 Å². The Bertz CT molecular complexity index is 1170. The Morgan fingerprint density at radius 2 is 1.79 bits per heavy atom. The number of nitrogens with zero attached hydrogens (tertiary/aromatic N) is 2. The van der Waals surface area contributed by atoms with Crippen molar-refractivity contribution in [3.63, 3.8) is 0 Å². The zero-order valence-corrected chi connectivity index (χ0v) is 16.2. The summed E-state index contributed by atoms with van der Waals surface area (Å²) in [5, 5.41) is 1.17. The van der Waals surface area contributed by atoms with Gasteiger partial charge in [-0.1, -0.05) is 18.2 Å². The fourth-order valence-electron chi connectivity index (χ4n) is 4.22. The minimum atomic E-state index is -3.21. The van der Waals surface area contributed by atoms with Gasteiger partial charge < -0.3 is 9.88 Å². The van der Waals surface area contributed by atoms with E-state index in [2.05, 4.69) is 17.1 Å². The Morgan fingerprint density at radius 1 is 1.00 bits per heavy atom. The molecule has 5 rings (SSSR count). The molecule has 28 heavy (non-hydrogen) atoms. The molecule has 2 aliphatic rings. The highest BCUT2D eigenvalue weighted by Gasteiger charge is 2.29. The number of hydrogen-bond donors (Lipinski definition) is 1. The Hall–Kier alpha value is -2.80. The van der Waals surface area contributed by atoms with Gasteiger partial charge in [0.2, 0.25) is 10.0 Å². The van der Waals surface area contributed by atoms with E-state index in [1.807, 2.05) is 17.0 Å². The van der Waals surface area contributed by atoms with Crippen LogP contribution in [0.4, 0.5) is 5.69 Å². The lowest BCUT2D eigenvalue weighted by Gasteiger charge is -2.27. The third kappa shape index (κ3) is 2.77. The Labute approximate surface area is 163 Å². The van der Waals surface area contributed by atoms with Crippen LogP contribution in [0, 0.1) is 0 Å². The van der Waals surface area contributed by atoms with Crippen molar-refractivity contribution >= 4 is 32.5 Å². The molecule has 0 bridgehead atoms. The number of nitrogens with one attached hydrogen (secondary N) is 1. The topological polar surface area (TPSA) is 73.5 Å². The minimum Gasteiger partial charge on any atom is -0.358 e. The molecular weight excluding hydrogens is 374 g/mol. The van der Waals surface area contributed by atoms with E-state index in [4.69, 9.17) is 0 Å². The summed E-state index contributed by atoms with van der Waals surface area (Å²) < 4.78 is 25.6. The molecule has 7 heteroatoms. The molecule has 1 N–H and O–H groups in total. The first-order valence-electron chi connectivity index (χ1n) is 9.51. The second-order valence-corrected chi connectivity index (χ2v) is 9.41. The first-order valence-corrected chi connectivity index (χ1v) is 11.1. The number of H-pyrrole nitrogens is 1. The van der Waals surface area contributed by atoms with Crippen LogP contribution in [0.1, 0.15) is 28.0 Å². The highest BCUT2D eigenvalue weighted by atomic mass is 32.2. The lowest BCUT2D eigenvalue weighted by atomic mass is 10.0. The Morgan fingerprint density at radius 3 is 2.54 bits per heavy atom. The SMILES string of the molecule is O=C(c1ccc(N2CCCS2(=O)=O)cc1)N1CCc2[nH]c3ccccc3c2C1. The largest absolute Gasteiger partial charge is 0.358 e. The van der Waals surface area contributed by atoms with Crippen molar-refractivity contribution in [3.05, 3.63) is 65.4 Å². The number of aromatic amines is 1. The maximum absolute atomic E-state index is 13.0. The summed E-state index contributed by atoms with van der Waals surface area (Å²) in [6.45, 7) is 1.76. The van der Waals surface area contributed by atoms with E-state index in [0.29, 0.717) is 37.3 Å². The second-order valence-electron chi connectivity index (χ2n) is 7.39. The number of aromatic nitrogens is 1. The number of sulfonamides is 1. The van der Waals surface area contributed by atoms with Gasteiger partial charge in [-0.15, -0.1) is 0 Å². The van der Waals surface area contributed by atoms with Crippen LogP contribution in [0.25, 0.3) is 10.9 Å². The summed E-state index contributed by atoms with van der Waals surface area (Å²) >= 11 is 0. The van der Waals surface area contributed by atoms with E-state index in [-0.39, 0.29) is 11.7 Å². The summed E-state index contributed by atoms with van der Waals surface area (Å²) in [5.74, 6) is 0.167. The van der Waals surface area contributed by atoms with E-state index < -0.39 is 10.0 Å². The van der Waals surface area contributed by atoms with Crippen molar-refractivity contribution in [1.29, 1.82) is 0 Å². The molecule has 3 heterocycles. The highest BCUT2D eigenvalue weighted by molar-refractivity contribution is 7.93. The van der Waals surface area contributed by atoms with Gasteiger partial charge in [0.05, 0.1) is 11.4 Å². The van der Waals surface area contributed by atoms with Crippen molar-refractivity contribution in [1.82, 2.24) is 9.88 Å². The van der Waals surface area contributed by atoms with E-state index in [0.717, 1.165) is 11.9 Å². The minimum absolute atomic E-state index is 0.0215. The Balaban J connectivity index is 1.38. The Kier molecular flexibility index (Phi) is 3.94. The standard InChI is InChI=1S/C21H21N3O3S/c25-21(15-6-8-16(9-7-15)24-11-3-13-28(24,26)27)23-12-10-20-18(14-23)17-4-1-2-5-19(17)22-20/h1-2,4-9,22H,3,10-14H2. The average Bonchev–Trinajstić information content (AvgIpc) is 3.26. The third-order valence-electron chi connectivity index (χ3n) is 5.67. The summed E-state index contributed by atoms with van der Waals surface area (Å²) in [6.07, 6.45) is 1.45. The zero-order valence-electron chi connectivity index (χ0n) is 15.4. The molecule has 144 valence electrons. The van der Waals surface area contributed by atoms with Crippen LogP contribution in [0.3, 0.4) is 0 Å². The average molecular weight is 395 g/mol. The fourth-order valence-corrected chi connectivity index (χ4v) is 5.79. The van der Waals surface area contributed by atoms with E-state index >= 15 is 0 Å². The number of rotatable bonds is 2. The van der Waals surface area contributed by atoms with Gasteiger partial charge in [0.1, 0.15) is 0 Å². The smallest absolute Gasteiger partial charge is 0.254 e. The highest BCUT2D eigenvalue weighted by Crippen LogP contribution is 2.29. The quantitative estimate of drug-likeness (QED) is 0.725. The molecule has 1 amide bonds. The van der Waals surface area contributed by atoms with Crippen LogP contribution in [0.2, 0.25) is 0 Å². The number of carbonyl (C=O) groups is 1. The van der Waals surface area contributed by atoms with Crippen LogP contribution >= 0.6 is 0 Å². The predicted octanol–water partition coefficient (Wildman–Crippen LogP) is 2.91. The maximum atomic E-state index is 13.0. The number of para-hydroxylation sites is 1. The third-order valence-corrected chi connectivity index (χ3v) is 7.54. The summed E-state index contributed by atoms with van der Waals surface area (Å²) in [5.41, 5.74) is 4.73. The molecule has 6 nitrogen and oxygen atoms in total. The molecule has 3 aromatic rings. The van der Waals surface area contributed by atoms with Gasteiger partial charge in [0.15, 0.2) is 0 Å². The number of benzene rings is 2. The molecule has 0 atom stereocenters. The first kappa shape index (κ1) is 17.3. The second kappa shape index (κ2) is 6.38. The lowest BCUT2D eigenvalue weighted by Crippen LogP contribution is -2.35. The van der Waals surface area contributed by atoms with Crippen molar-refractivity contribution in [2.24, 2.45) is 0 Å². The van der Waals surface area contributed by atoms with Gasteiger partial charge >= 0.3 is 0 Å². The van der Waals surface area contributed by atoms with E-state index in [1.165, 1.54) is 20.9 Å². The van der Waals surface area contributed by atoms with Gasteiger partial charge in [-0.05, 0) is 36.8 Å². The molecule has 0 unspecified atom stereocenters. The number of carbonyl (C=O) groups excluding carboxylic acids is 1. The fraction of sp³-hybridized carbons (Fsp3) is 0.286. The van der Waals surface area contributed by atoms with Crippen LogP contribution in [-0.2, 0) is 23.0 Å². The van der Waals surface area contributed by atoms with Crippen LogP contribution in [0.5, 0.6) is 0 Å². The number of amides is 1. The van der Waals surface area contributed by atoms with Crippen molar-refractivity contribution in [3.8, 4) is 0 Å².